The summed E-state index contributed by atoms with van der Waals surface area (Å²) in [4.78, 5) is 25.8. The molecule has 1 saturated heterocycles. The Morgan fingerprint density at radius 3 is 2.33 bits per heavy atom. The van der Waals surface area contributed by atoms with Crippen LogP contribution >= 0.6 is 0 Å². The molecular weight excluding hydrogens is 285 g/mol. The van der Waals surface area contributed by atoms with Gasteiger partial charge in [-0.2, -0.15) is 13.2 Å². The van der Waals surface area contributed by atoms with Crippen LogP contribution in [0.3, 0.4) is 0 Å². The summed E-state index contributed by atoms with van der Waals surface area (Å²) >= 11 is 0. The van der Waals surface area contributed by atoms with Gasteiger partial charge in [0.15, 0.2) is 0 Å². The highest BCUT2D eigenvalue weighted by atomic mass is 19.4. The van der Waals surface area contributed by atoms with Crippen LogP contribution in [0.4, 0.5) is 13.2 Å². The number of rotatable bonds is 6. The Bertz CT molecular complexity index is 383. The van der Waals surface area contributed by atoms with Crippen molar-refractivity contribution in [1.29, 1.82) is 0 Å². The predicted molar refractivity (Wildman–Crippen MR) is 72.5 cm³/mol. The first kappa shape index (κ1) is 17.8. The Kier molecular flexibility index (Phi) is 6.04. The Morgan fingerprint density at radius 2 is 1.86 bits per heavy atom. The minimum atomic E-state index is -4.17. The standard InChI is InChI=1S/C14H23F3N2O2/c1-4-10-13(21)19(8-6-5-7-14(15,16)17)11(9(2)3)12(20)18-10/h9-11H,4-8H2,1-3H3,(H,18,20). The van der Waals surface area contributed by atoms with Gasteiger partial charge in [-0.05, 0) is 25.2 Å². The SMILES string of the molecule is CCC1NC(=O)C(C(C)C)N(CCCCC(F)(F)F)C1=O. The summed E-state index contributed by atoms with van der Waals surface area (Å²) in [5.41, 5.74) is 0. The van der Waals surface area contributed by atoms with Gasteiger partial charge in [-0.15, -0.1) is 0 Å². The third-order valence-corrected chi connectivity index (χ3v) is 3.65. The molecule has 0 spiro atoms. The van der Waals surface area contributed by atoms with Crippen molar-refractivity contribution in [3.63, 3.8) is 0 Å². The number of hydrogen-bond acceptors (Lipinski definition) is 2. The van der Waals surface area contributed by atoms with E-state index in [4.69, 9.17) is 0 Å². The van der Waals surface area contributed by atoms with Crippen LogP contribution in [-0.4, -0.2) is 41.5 Å². The zero-order valence-electron chi connectivity index (χ0n) is 12.7. The number of halogens is 3. The van der Waals surface area contributed by atoms with Gasteiger partial charge in [0.25, 0.3) is 0 Å². The average molecular weight is 308 g/mol. The second-order valence-corrected chi connectivity index (χ2v) is 5.76. The molecular formula is C14H23F3N2O2. The zero-order chi connectivity index (χ0) is 16.2. The monoisotopic (exact) mass is 308 g/mol. The summed E-state index contributed by atoms with van der Waals surface area (Å²) in [6.45, 7) is 5.64. The number of carbonyl (C=O) groups is 2. The third-order valence-electron chi connectivity index (χ3n) is 3.65. The molecule has 1 fully saturated rings. The molecule has 1 N–H and O–H groups in total. The van der Waals surface area contributed by atoms with Gasteiger partial charge in [-0.3, -0.25) is 9.59 Å². The fourth-order valence-electron chi connectivity index (χ4n) is 2.59. The molecule has 0 bridgehead atoms. The Labute approximate surface area is 123 Å². The summed E-state index contributed by atoms with van der Waals surface area (Å²) in [5.74, 6) is -0.482. The largest absolute Gasteiger partial charge is 0.389 e. The van der Waals surface area contributed by atoms with Crippen molar-refractivity contribution in [2.75, 3.05) is 6.54 Å². The average Bonchev–Trinajstić information content (AvgIpc) is 2.36. The minimum Gasteiger partial charge on any atom is -0.343 e. The molecule has 4 nitrogen and oxygen atoms in total. The highest BCUT2D eigenvalue weighted by Gasteiger charge is 2.40. The number of hydrogen-bond donors (Lipinski definition) is 1. The zero-order valence-corrected chi connectivity index (χ0v) is 12.7. The molecule has 21 heavy (non-hydrogen) atoms. The molecule has 0 saturated carbocycles. The third kappa shape index (κ3) is 4.89. The molecule has 1 rings (SSSR count). The van der Waals surface area contributed by atoms with Gasteiger partial charge in [-0.25, -0.2) is 0 Å². The van der Waals surface area contributed by atoms with Gasteiger partial charge in [-0.1, -0.05) is 20.8 Å². The van der Waals surface area contributed by atoms with Crippen LogP contribution in [0.15, 0.2) is 0 Å². The van der Waals surface area contributed by atoms with E-state index < -0.39 is 24.7 Å². The second-order valence-electron chi connectivity index (χ2n) is 5.76. The summed E-state index contributed by atoms with van der Waals surface area (Å²) in [6, 6.07) is -1.15. The number of amides is 2. The van der Waals surface area contributed by atoms with E-state index in [0.717, 1.165) is 0 Å². The van der Waals surface area contributed by atoms with E-state index in [1.165, 1.54) is 4.90 Å². The molecule has 1 aliphatic rings. The number of nitrogens with zero attached hydrogens (tertiary/aromatic N) is 1. The number of piperazine rings is 1. The van der Waals surface area contributed by atoms with Crippen molar-refractivity contribution in [3.05, 3.63) is 0 Å². The summed E-state index contributed by atoms with van der Waals surface area (Å²) in [6.07, 6.45) is -4.33. The van der Waals surface area contributed by atoms with Crippen LogP contribution in [0.1, 0.15) is 46.5 Å². The maximum absolute atomic E-state index is 12.3. The van der Waals surface area contributed by atoms with E-state index in [-0.39, 0.29) is 37.1 Å². The van der Waals surface area contributed by atoms with Gasteiger partial charge < -0.3 is 10.2 Å². The van der Waals surface area contributed by atoms with Crippen LogP contribution < -0.4 is 5.32 Å². The van der Waals surface area contributed by atoms with E-state index in [9.17, 15) is 22.8 Å². The first-order chi connectivity index (χ1) is 9.67. The van der Waals surface area contributed by atoms with Crippen LogP contribution in [0.5, 0.6) is 0 Å². The van der Waals surface area contributed by atoms with Crippen LogP contribution in [0.2, 0.25) is 0 Å². The minimum absolute atomic E-state index is 0.0312. The van der Waals surface area contributed by atoms with E-state index in [1.807, 2.05) is 13.8 Å². The molecule has 2 amide bonds. The highest BCUT2D eigenvalue weighted by Crippen LogP contribution is 2.24. The number of unbranched alkanes of at least 4 members (excludes halogenated alkanes) is 1. The molecule has 0 aromatic carbocycles. The molecule has 1 aliphatic heterocycles. The van der Waals surface area contributed by atoms with Crippen molar-refractivity contribution >= 4 is 11.8 Å². The van der Waals surface area contributed by atoms with E-state index >= 15 is 0 Å². The number of carbonyl (C=O) groups excluding carboxylic acids is 2. The maximum Gasteiger partial charge on any atom is 0.389 e. The number of nitrogens with one attached hydrogen (secondary N) is 1. The first-order valence-corrected chi connectivity index (χ1v) is 7.35. The van der Waals surface area contributed by atoms with Gasteiger partial charge in [0.1, 0.15) is 12.1 Å². The normalized spacial score (nSPS) is 23.7. The van der Waals surface area contributed by atoms with Crippen LogP contribution in [0.25, 0.3) is 0 Å². The van der Waals surface area contributed by atoms with Crippen molar-refractivity contribution < 1.29 is 22.8 Å². The lowest BCUT2D eigenvalue weighted by atomic mass is 9.96. The lowest BCUT2D eigenvalue weighted by Crippen LogP contribution is -2.64. The van der Waals surface area contributed by atoms with E-state index in [2.05, 4.69) is 5.32 Å². The van der Waals surface area contributed by atoms with Crippen molar-refractivity contribution in [3.8, 4) is 0 Å². The predicted octanol–water partition coefficient (Wildman–Crippen LogP) is 2.48. The van der Waals surface area contributed by atoms with Crippen molar-refractivity contribution in [2.45, 2.75) is 64.7 Å². The first-order valence-electron chi connectivity index (χ1n) is 7.35. The fourth-order valence-corrected chi connectivity index (χ4v) is 2.59. The quantitative estimate of drug-likeness (QED) is 0.766. The molecule has 2 atom stereocenters. The van der Waals surface area contributed by atoms with Crippen LogP contribution in [-0.2, 0) is 9.59 Å². The van der Waals surface area contributed by atoms with Crippen molar-refractivity contribution in [1.82, 2.24) is 10.2 Å². The molecule has 0 aromatic heterocycles. The van der Waals surface area contributed by atoms with Gasteiger partial charge in [0.2, 0.25) is 11.8 Å². The van der Waals surface area contributed by atoms with Gasteiger partial charge >= 0.3 is 6.18 Å². The lowest BCUT2D eigenvalue weighted by molar-refractivity contribution is -0.151. The number of alkyl halides is 3. The molecule has 0 aromatic rings. The highest BCUT2D eigenvalue weighted by molar-refractivity contribution is 5.97. The maximum atomic E-state index is 12.3. The Balaban J connectivity index is 2.68. The molecule has 1 heterocycles. The summed E-state index contributed by atoms with van der Waals surface area (Å²) in [7, 11) is 0. The molecule has 2 unspecified atom stereocenters. The van der Waals surface area contributed by atoms with E-state index in [1.54, 1.807) is 6.92 Å². The topological polar surface area (TPSA) is 49.4 Å². The van der Waals surface area contributed by atoms with E-state index in [0.29, 0.717) is 6.42 Å². The summed E-state index contributed by atoms with van der Waals surface area (Å²) in [5, 5.41) is 2.68. The Morgan fingerprint density at radius 1 is 1.24 bits per heavy atom. The van der Waals surface area contributed by atoms with Gasteiger partial charge in [0.05, 0.1) is 0 Å². The molecule has 122 valence electrons. The molecule has 7 heteroatoms. The Hall–Kier alpha value is -1.27. The lowest BCUT2D eigenvalue weighted by Gasteiger charge is -2.40. The smallest absolute Gasteiger partial charge is 0.343 e. The van der Waals surface area contributed by atoms with Gasteiger partial charge in [0, 0.05) is 13.0 Å². The molecule has 0 radical (unpaired) electrons. The summed E-state index contributed by atoms with van der Waals surface area (Å²) < 4.78 is 36.4. The van der Waals surface area contributed by atoms with Crippen molar-refractivity contribution in [2.24, 2.45) is 5.92 Å². The second kappa shape index (κ2) is 7.13. The van der Waals surface area contributed by atoms with Crippen LogP contribution in [0, 0.1) is 5.92 Å². The fraction of sp³-hybridized carbons (Fsp3) is 0.857. The molecule has 0 aliphatic carbocycles.